The SMILES string of the molecule is COc1cccc(C(=O)c2ccccc2C#N)c1. The zero-order valence-corrected chi connectivity index (χ0v) is 9.88. The third-order valence-electron chi connectivity index (χ3n) is 2.62. The van der Waals surface area contributed by atoms with Gasteiger partial charge in [-0.3, -0.25) is 4.79 Å². The molecule has 2 aromatic carbocycles. The van der Waals surface area contributed by atoms with Crippen molar-refractivity contribution in [3.63, 3.8) is 0 Å². The van der Waals surface area contributed by atoms with E-state index in [9.17, 15) is 4.79 Å². The molecule has 0 aliphatic rings. The average molecular weight is 237 g/mol. The van der Waals surface area contributed by atoms with Crippen LogP contribution in [0.4, 0.5) is 0 Å². The van der Waals surface area contributed by atoms with Gasteiger partial charge in [0.05, 0.1) is 18.7 Å². The normalized spacial score (nSPS) is 9.56. The van der Waals surface area contributed by atoms with Gasteiger partial charge >= 0.3 is 0 Å². The number of ketones is 1. The molecule has 2 aromatic rings. The summed E-state index contributed by atoms with van der Waals surface area (Å²) in [4.78, 5) is 12.3. The summed E-state index contributed by atoms with van der Waals surface area (Å²) in [6.45, 7) is 0. The minimum atomic E-state index is -0.175. The maximum absolute atomic E-state index is 12.3. The van der Waals surface area contributed by atoms with Gasteiger partial charge in [-0.25, -0.2) is 0 Å². The van der Waals surface area contributed by atoms with Crippen LogP contribution in [0.15, 0.2) is 48.5 Å². The monoisotopic (exact) mass is 237 g/mol. The van der Waals surface area contributed by atoms with Crippen LogP contribution < -0.4 is 4.74 Å². The van der Waals surface area contributed by atoms with Gasteiger partial charge in [0, 0.05) is 11.1 Å². The summed E-state index contributed by atoms with van der Waals surface area (Å²) in [7, 11) is 1.55. The quantitative estimate of drug-likeness (QED) is 0.771. The highest BCUT2D eigenvalue weighted by molar-refractivity contribution is 6.10. The largest absolute Gasteiger partial charge is 0.497 e. The number of methoxy groups -OCH3 is 1. The molecule has 0 heterocycles. The molecule has 0 saturated heterocycles. The smallest absolute Gasteiger partial charge is 0.194 e. The van der Waals surface area contributed by atoms with Crippen LogP contribution >= 0.6 is 0 Å². The second-order valence-electron chi connectivity index (χ2n) is 3.72. The molecule has 0 radical (unpaired) electrons. The van der Waals surface area contributed by atoms with Crippen molar-refractivity contribution < 1.29 is 9.53 Å². The maximum atomic E-state index is 12.3. The summed E-state index contributed by atoms with van der Waals surface area (Å²) in [6, 6.07) is 15.7. The first-order valence-electron chi connectivity index (χ1n) is 5.44. The number of rotatable bonds is 3. The van der Waals surface area contributed by atoms with Gasteiger partial charge < -0.3 is 4.74 Å². The van der Waals surface area contributed by atoms with Crippen molar-refractivity contribution >= 4 is 5.78 Å². The number of carbonyl (C=O) groups is 1. The molecule has 0 amide bonds. The van der Waals surface area contributed by atoms with Crippen LogP contribution in [-0.4, -0.2) is 12.9 Å². The lowest BCUT2D eigenvalue weighted by Gasteiger charge is -2.05. The fraction of sp³-hybridized carbons (Fsp3) is 0.0667. The Labute approximate surface area is 105 Å². The zero-order chi connectivity index (χ0) is 13.0. The van der Waals surface area contributed by atoms with E-state index in [1.54, 1.807) is 55.6 Å². The van der Waals surface area contributed by atoms with Crippen LogP contribution in [0.5, 0.6) is 5.75 Å². The highest BCUT2D eigenvalue weighted by Gasteiger charge is 2.13. The minimum Gasteiger partial charge on any atom is -0.497 e. The molecule has 0 bridgehead atoms. The van der Waals surface area contributed by atoms with Crippen molar-refractivity contribution in [1.82, 2.24) is 0 Å². The van der Waals surface area contributed by atoms with Crippen molar-refractivity contribution in [3.8, 4) is 11.8 Å². The number of hydrogen-bond acceptors (Lipinski definition) is 3. The summed E-state index contributed by atoms with van der Waals surface area (Å²) in [5, 5.41) is 8.99. The molecule has 2 rings (SSSR count). The lowest BCUT2D eigenvalue weighted by Crippen LogP contribution is -2.04. The molecule has 0 atom stereocenters. The van der Waals surface area contributed by atoms with E-state index >= 15 is 0 Å². The highest BCUT2D eigenvalue weighted by atomic mass is 16.5. The molecule has 88 valence electrons. The van der Waals surface area contributed by atoms with Crippen LogP contribution in [0, 0.1) is 11.3 Å². The van der Waals surface area contributed by atoms with Gasteiger partial charge in [0.25, 0.3) is 0 Å². The molecule has 0 spiro atoms. The molecule has 3 nitrogen and oxygen atoms in total. The van der Waals surface area contributed by atoms with Gasteiger partial charge in [-0.1, -0.05) is 24.3 Å². The van der Waals surface area contributed by atoms with E-state index in [0.717, 1.165) is 0 Å². The van der Waals surface area contributed by atoms with Crippen molar-refractivity contribution in [2.75, 3.05) is 7.11 Å². The summed E-state index contributed by atoms with van der Waals surface area (Å²) in [5.41, 5.74) is 1.30. The van der Waals surface area contributed by atoms with E-state index in [-0.39, 0.29) is 5.78 Å². The first-order chi connectivity index (χ1) is 8.76. The van der Waals surface area contributed by atoms with Crippen LogP contribution in [0.1, 0.15) is 21.5 Å². The zero-order valence-electron chi connectivity index (χ0n) is 9.88. The molecule has 0 fully saturated rings. The van der Waals surface area contributed by atoms with Gasteiger partial charge in [0.2, 0.25) is 0 Å². The molecular formula is C15H11NO2. The Morgan fingerprint density at radius 1 is 1.17 bits per heavy atom. The highest BCUT2D eigenvalue weighted by Crippen LogP contribution is 2.18. The topological polar surface area (TPSA) is 50.1 Å². The summed E-state index contributed by atoms with van der Waals surface area (Å²) >= 11 is 0. The predicted octanol–water partition coefficient (Wildman–Crippen LogP) is 2.80. The first-order valence-corrected chi connectivity index (χ1v) is 5.44. The lowest BCUT2D eigenvalue weighted by molar-refractivity contribution is 0.103. The molecule has 3 heteroatoms. The summed E-state index contributed by atoms with van der Waals surface area (Å²) in [5.74, 6) is 0.446. The molecule has 0 aliphatic heterocycles. The molecule has 0 unspecified atom stereocenters. The van der Waals surface area contributed by atoms with Crippen molar-refractivity contribution in [2.45, 2.75) is 0 Å². The Morgan fingerprint density at radius 3 is 2.67 bits per heavy atom. The number of carbonyl (C=O) groups excluding carboxylic acids is 1. The van der Waals surface area contributed by atoms with E-state index in [0.29, 0.717) is 22.4 Å². The number of ether oxygens (including phenoxy) is 1. The van der Waals surface area contributed by atoms with E-state index in [4.69, 9.17) is 10.00 Å². The first kappa shape index (κ1) is 11.9. The fourth-order valence-corrected chi connectivity index (χ4v) is 1.70. The van der Waals surface area contributed by atoms with E-state index in [2.05, 4.69) is 0 Å². The van der Waals surface area contributed by atoms with Crippen LogP contribution in [0.25, 0.3) is 0 Å². The molecule has 18 heavy (non-hydrogen) atoms. The third-order valence-corrected chi connectivity index (χ3v) is 2.62. The Balaban J connectivity index is 2.45. The molecule has 0 aromatic heterocycles. The number of hydrogen-bond donors (Lipinski definition) is 0. The number of nitrogens with zero attached hydrogens (tertiary/aromatic N) is 1. The second-order valence-corrected chi connectivity index (χ2v) is 3.72. The van der Waals surface area contributed by atoms with Crippen LogP contribution in [0.2, 0.25) is 0 Å². The molecule has 0 N–H and O–H groups in total. The number of nitriles is 1. The predicted molar refractivity (Wildman–Crippen MR) is 67.6 cm³/mol. The van der Waals surface area contributed by atoms with Gasteiger partial charge in [-0.05, 0) is 24.3 Å². The third kappa shape index (κ3) is 2.23. The second kappa shape index (κ2) is 5.15. The van der Waals surface area contributed by atoms with E-state index in [1.807, 2.05) is 6.07 Å². The Hall–Kier alpha value is -2.60. The summed E-state index contributed by atoms with van der Waals surface area (Å²) < 4.78 is 5.08. The molecular weight excluding hydrogens is 226 g/mol. The molecule has 0 aliphatic carbocycles. The van der Waals surface area contributed by atoms with Gasteiger partial charge in [0.15, 0.2) is 5.78 Å². The van der Waals surface area contributed by atoms with Gasteiger partial charge in [0.1, 0.15) is 5.75 Å². The standard InChI is InChI=1S/C15H11NO2/c1-18-13-7-4-6-11(9-13)15(17)14-8-3-2-5-12(14)10-16/h2-9H,1H3. The Bertz CT molecular complexity index is 626. The van der Waals surface area contributed by atoms with Gasteiger partial charge in [-0.15, -0.1) is 0 Å². The Morgan fingerprint density at radius 2 is 1.94 bits per heavy atom. The summed E-state index contributed by atoms with van der Waals surface area (Å²) in [6.07, 6.45) is 0. The lowest BCUT2D eigenvalue weighted by atomic mass is 9.99. The van der Waals surface area contributed by atoms with E-state index in [1.165, 1.54) is 0 Å². The van der Waals surface area contributed by atoms with Crippen molar-refractivity contribution in [2.24, 2.45) is 0 Å². The van der Waals surface area contributed by atoms with E-state index < -0.39 is 0 Å². The maximum Gasteiger partial charge on any atom is 0.194 e. The minimum absolute atomic E-state index is 0.175. The van der Waals surface area contributed by atoms with Crippen LogP contribution in [0.3, 0.4) is 0 Å². The average Bonchev–Trinajstić information content (AvgIpc) is 2.46. The Kier molecular flexibility index (Phi) is 3.40. The van der Waals surface area contributed by atoms with Crippen molar-refractivity contribution in [3.05, 3.63) is 65.2 Å². The van der Waals surface area contributed by atoms with Crippen molar-refractivity contribution in [1.29, 1.82) is 5.26 Å². The number of benzene rings is 2. The molecule has 0 saturated carbocycles. The van der Waals surface area contributed by atoms with Crippen LogP contribution in [-0.2, 0) is 0 Å². The van der Waals surface area contributed by atoms with Gasteiger partial charge in [-0.2, -0.15) is 5.26 Å². The fourth-order valence-electron chi connectivity index (χ4n) is 1.70.